The number of carbonyl (C=O) groups is 1. The predicted molar refractivity (Wildman–Crippen MR) is 87.7 cm³/mol. The van der Waals surface area contributed by atoms with E-state index in [-0.39, 0.29) is 6.03 Å². The third kappa shape index (κ3) is 5.74. The van der Waals surface area contributed by atoms with Gasteiger partial charge in [-0.1, -0.05) is 12.8 Å². The van der Waals surface area contributed by atoms with Crippen molar-refractivity contribution in [3.05, 3.63) is 29.8 Å². The van der Waals surface area contributed by atoms with E-state index in [9.17, 15) is 4.79 Å². The lowest BCUT2D eigenvalue weighted by Gasteiger charge is -2.19. The SMILES string of the molecule is N#Cc1ccc(NC(=O)NCCCN2CCCCCC2)cc1. The number of anilines is 1. The van der Waals surface area contributed by atoms with Gasteiger partial charge in [0.2, 0.25) is 0 Å². The van der Waals surface area contributed by atoms with Crippen molar-refractivity contribution in [2.75, 3.05) is 31.5 Å². The Morgan fingerprint density at radius 1 is 1.14 bits per heavy atom. The first-order valence-electron chi connectivity index (χ1n) is 8.05. The van der Waals surface area contributed by atoms with E-state index in [4.69, 9.17) is 5.26 Å². The van der Waals surface area contributed by atoms with Crippen LogP contribution in [0.4, 0.5) is 10.5 Å². The molecule has 0 radical (unpaired) electrons. The molecule has 2 amide bonds. The second-order valence-corrected chi connectivity index (χ2v) is 5.68. The molecule has 1 aliphatic rings. The summed E-state index contributed by atoms with van der Waals surface area (Å²) in [5.74, 6) is 0. The Bertz CT molecular complexity index is 498. The Balaban J connectivity index is 1.61. The van der Waals surface area contributed by atoms with E-state index in [0.29, 0.717) is 17.8 Å². The topological polar surface area (TPSA) is 68.2 Å². The third-order valence-corrected chi connectivity index (χ3v) is 3.91. The smallest absolute Gasteiger partial charge is 0.319 e. The average Bonchev–Trinajstić information content (AvgIpc) is 2.81. The highest BCUT2D eigenvalue weighted by Crippen LogP contribution is 2.10. The molecule has 118 valence electrons. The van der Waals surface area contributed by atoms with Gasteiger partial charge in [-0.2, -0.15) is 5.26 Å². The second kappa shape index (κ2) is 9.06. The zero-order valence-corrected chi connectivity index (χ0v) is 13.0. The standard InChI is InChI=1S/C17H24N4O/c18-14-15-6-8-16(9-7-15)20-17(22)19-10-5-13-21-11-3-1-2-4-12-21/h6-9H,1-5,10-13H2,(H2,19,20,22). The van der Waals surface area contributed by atoms with Crippen molar-refractivity contribution in [1.82, 2.24) is 10.2 Å². The molecule has 0 spiro atoms. The molecule has 0 saturated carbocycles. The molecule has 1 aromatic rings. The van der Waals surface area contributed by atoms with Gasteiger partial charge < -0.3 is 15.5 Å². The van der Waals surface area contributed by atoms with Crippen molar-refractivity contribution in [2.45, 2.75) is 32.1 Å². The zero-order valence-electron chi connectivity index (χ0n) is 13.0. The average molecular weight is 300 g/mol. The van der Waals surface area contributed by atoms with Crippen LogP contribution in [0.3, 0.4) is 0 Å². The van der Waals surface area contributed by atoms with Gasteiger partial charge in [-0.15, -0.1) is 0 Å². The number of benzene rings is 1. The van der Waals surface area contributed by atoms with Crippen molar-refractivity contribution in [2.24, 2.45) is 0 Å². The van der Waals surface area contributed by atoms with Crippen molar-refractivity contribution in [1.29, 1.82) is 5.26 Å². The molecule has 1 aliphatic heterocycles. The normalized spacial score (nSPS) is 15.6. The highest BCUT2D eigenvalue weighted by atomic mass is 16.2. The zero-order chi connectivity index (χ0) is 15.6. The fourth-order valence-corrected chi connectivity index (χ4v) is 2.67. The fourth-order valence-electron chi connectivity index (χ4n) is 2.67. The molecular formula is C17H24N4O. The summed E-state index contributed by atoms with van der Waals surface area (Å²) in [7, 11) is 0. The van der Waals surface area contributed by atoms with Gasteiger partial charge in [-0.25, -0.2) is 4.79 Å². The quantitative estimate of drug-likeness (QED) is 0.822. The molecule has 5 heteroatoms. The van der Waals surface area contributed by atoms with Crippen molar-refractivity contribution < 1.29 is 4.79 Å². The van der Waals surface area contributed by atoms with Crippen LogP contribution in [0, 0.1) is 11.3 Å². The molecule has 2 N–H and O–H groups in total. The highest BCUT2D eigenvalue weighted by molar-refractivity contribution is 5.89. The van der Waals surface area contributed by atoms with Crippen LogP contribution < -0.4 is 10.6 Å². The van der Waals surface area contributed by atoms with Gasteiger partial charge in [0.25, 0.3) is 0 Å². The molecular weight excluding hydrogens is 276 g/mol. The molecule has 0 bridgehead atoms. The van der Waals surface area contributed by atoms with E-state index >= 15 is 0 Å². The number of likely N-dealkylation sites (tertiary alicyclic amines) is 1. The summed E-state index contributed by atoms with van der Waals surface area (Å²) in [5.41, 5.74) is 1.28. The summed E-state index contributed by atoms with van der Waals surface area (Å²) in [6.45, 7) is 4.12. The first-order valence-corrected chi connectivity index (χ1v) is 8.05. The number of hydrogen-bond donors (Lipinski definition) is 2. The number of rotatable bonds is 5. The largest absolute Gasteiger partial charge is 0.338 e. The summed E-state index contributed by atoms with van der Waals surface area (Å²) in [4.78, 5) is 14.3. The van der Waals surface area contributed by atoms with Gasteiger partial charge in [0.1, 0.15) is 0 Å². The van der Waals surface area contributed by atoms with Crippen LogP contribution in [-0.2, 0) is 0 Å². The molecule has 1 heterocycles. The van der Waals surface area contributed by atoms with Crippen LogP contribution in [0.1, 0.15) is 37.7 Å². The van der Waals surface area contributed by atoms with E-state index in [1.165, 1.54) is 38.8 Å². The minimum Gasteiger partial charge on any atom is -0.338 e. The number of hydrogen-bond acceptors (Lipinski definition) is 3. The van der Waals surface area contributed by atoms with Gasteiger partial charge in [-0.05, 0) is 63.2 Å². The Hall–Kier alpha value is -2.06. The number of amides is 2. The summed E-state index contributed by atoms with van der Waals surface area (Å²) in [5, 5.41) is 14.4. The summed E-state index contributed by atoms with van der Waals surface area (Å²) < 4.78 is 0. The Labute approximate surface area is 132 Å². The minimum absolute atomic E-state index is 0.194. The maximum Gasteiger partial charge on any atom is 0.319 e. The van der Waals surface area contributed by atoms with Crippen LogP contribution in [0.2, 0.25) is 0 Å². The van der Waals surface area contributed by atoms with E-state index in [0.717, 1.165) is 13.0 Å². The first-order chi connectivity index (χ1) is 10.8. The van der Waals surface area contributed by atoms with E-state index in [1.807, 2.05) is 0 Å². The maximum atomic E-state index is 11.8. The molecule has 1 saturated heterocycles. The van der Waals surface area contributed by atoms with E-state index in [1.54, 1.807) is 24.3 Å². The van der Waals surface area contributed by atoms with Gasteiger partial charge in [0.05, 0.1) is 11.6 Å². The van der Waals surface area contributed by atoms with Crippen molar-refractivity contribution in [3.63, 3.8) is 0 Å². The molecule has 0 aliphatic carbocycles. The lowest BCUT2D eigenvalue weighted by atomic mass is 10.2. The second-order valence-electron chi connectivity index (χ2n) is 5.68. The van der Waals surface area contributed by atoms with Crippen LogP contribution >= 0.6 is 0 Å². The fraction of sp³-hybridized carbons (Fsp3) is 0.529. The van der Waals surface area contributed by atoms with Gasteiger partial charge in [-0.3, -0.25) is 0 Å². The number of nitrogens with zero attached hydrogens (tertiary/aromatic N) is 2. The molecule has 0 aromatic heterocycles. The molecule has 0 atom stereocenters. The van der Waals surface area contributed by atoms with Crippen LogP contribution in [0.5, 0.6) is 0 Å². The number of nitriles is 1. The Morgan fingerprint density at radius 3 is 2.45 bits per heavy atom. The lowest BCUT2D eigenvalue weighted by Crippen LogP contribution is -2.32. The maximum absolute atomic E-state index is 11.8. The first kappa shape index (κ1) is 16.3. The Kier molecular flexibility index (Phi) is 6.72. The number of nitrogens with one attached hydrogen (secondary N) is 2. The van der Waals surface area contributed by atoms with Gasteiger partial charge in [0.15, 0.2) is 0 Å². The number of carbonyl (C=O) groups excluding carboxylic acids is 1. The summed E-state index contributed by atoms with van der Waals surface area (Å²) >= 11 is 0. The molecule has 5 nitrogen and oxygen atoms in total. The third-order valence-electron chi connectivity index (χ3n) is 3.91. The summed E-state index contributed by atoms with van der Waals surface area (Å²) in [6, 6.07) is 8.70. The van der Waals surface area contributed by atoms with Gasteiger partial charge >= 0.3 is 6.03 Å². The summed E-state index contributed by atoms with van der Waals surface area (Å²) in [6.07, 6.45) is 6.27. The van der Waals surface area contributed by atoms with E-state index < -0.39 is 0 Å². The van der Waals surface area contributed by atoms with Gasteiger partial charge in [0, 0.05) is 12.2 Å². The molecule has 0 unspecified atom stereocenters. The lowest BCUT2D eigenvalue weighted by molar-refractivity contribution is 0.249. The van der Waals surface area contributed by atoms with Crippen molar-refractivity contribution in [3.8, 4) is 6.07 Å². The number of urea groups is 1. The van der Waals surface area contributed by atoms with Crippen molar-refractivity contribution >= 4 is 11.7 Å². The predicted octanol–water partition coefficient (Wildman–Crippen LogP) is 2.95. The minimum atomic E-state index is -0.194. The molecule has 2 rings (SSSR count). The molecule has 1 aromatic carbocycles. The highest BCUT2D eigenvalue weighted by Gasteiger charge is 2.08. The Morgan fingerprint density at radius 2 is 1.82 bits per heavy atom. The monoisotopic (exact) mass is 300 g/mol. The molecule has 22 heavy (non-hydrogen) atoms. The van der Waals surface area contributed by atoms with Crippen LogP contribution in [-0.4, -0.2) is 37.1 Å². The molecule has 1 fully saturated rings. The van der Waals surface area contributed by atoms with Crippen LogP contribution in [0.15, 0.2) is 24.3 Å². The van der Waals surface area contributed by atoms with Crippen LogP contribution in [0.25, 0.3) is 0 Å². The van der Waals surface area contributed by atoms with E-state index in [2.05, 4.69) is 21.6 Å².